The van der Waals surface area contributed by atoms with Crippen LogP contribution in [0.25, 0.3) is 11.0 Å². The van der Waals surface area contributed by atoms with E-state index in [-0.39, 0.29) is 0 Å². The molecule has 0 bridgehead atoms. The number of nitrogens with one attached hydrogen (secondary N) is 3. The minimum absolute atomic E-state index is 0.914. The minimum atomic E-state index is 0.914. The Kier molecular flexibility index (Phi) is 4.12. The molecule has 0 spiro atoms. The monoisotopic (exact) mass is 232 g/mol. The molecule has 0 radical (unpaired) electrons. The molecule has 0 unspecified atom stereocenters. The molecule has 0 aliphatic rings. The van der Waals surface area contributed by atoms with E-state index in [1.807, 2.05) is 14.0 Å². The number of benzene rings is 1. The van der Waals surface area contributed by atoms with Crippen LogP contribution < -0.4 is 10.6 Å². The summed E-state index contributed by atoms with van der Waals surface area (Å²) >= 11 is 0. The van der Waals surface area contributed by atoms with Crippen molar-refractivity contribution in [3.05, 3.63) is 29.6 Å². The largest absolute Gasteiger partial charge is 0.342 e. The van der Waals surface area contributed by atoms with Crippen molar-refractivity contribution in [2.75, 3.05) is 20.1 Å². The fourth-order valence-electron chi connectivity index (χ4n) is 1.92. The Hall–Kier alpha value is -1.39. The van der Waals surface area contributed by atoms with Crippen LogP contribution in [0.1, 0.15) is 17.8 Å². The van der Waals surface area contributed by atoms with Crippen molar-refractivity contribution in [2.24, 2.45) is 0 Å². The minimum Gasteiger partial charge on any atom is -0.342 e. The van der Waals surface area contributed by atoms with Crippen molar-refractivity contribution in [1.29, 1.82) is 0 Å². The number of fused-ring (bicyclic) bond motifs is 1. The normalized spacial score (nSPS) is 11.2. The summed E-state index contributed by atoms with van der Waals surface area (Å²) in [4.78, 5) is 7.65. The number of imidazole rings is 1. The van der Waals surface area contributed by atoms with Gasteiger partial charge in [0.15, 0.2) is 0 Å². The topological polar surface area (TPSA) is 52.7 Å². The Morgan fingerprint density at radius 1 is 1.29 bits per heavy atom. The molecule has 0 aliphatic heterocycles. The molecule has 2 aromatic rings. The summed E-state index contributed by atoms with van der Waals surface area (Å²) in [5.41, 5.74) is 3.46. The van der Waals surface area contributed by atoms with Gasteiger partial charge in [0.2, 0.25) is 0 Å². The van der Waals surface area contributed by atoms with E-state index in [1.165, 1.54) is 5.56 Å². The van der Waals surface area contributed by atoms with Crippen molar-refractivity contribution >= 4 is 11.0 Å². The number of aromatic amines is 1. The molecule has 0 aliphatic carbocycles. The molecule has 0 atom stereocenters. The maximum absolute atomic E-state index is 4.39. The van der Waals surface area contributed by atoms with E-state index in [0.29, 0.717) is 0 Å². The fourth-order valence-corrected chi connectivity index (χ4v) is 1.92. The molecule has 0 saturated heterocycles. The van der Waals surface area contributed by atoms with Gasteiger partial charge in [0.25, 0.3) is 0 Å². The summed E-state index contributed by atoms with van der Waals surface area (Å²) in [7, 11) is 1.98. The van der Waals surface area contributed by atoms with Gasteiger partial charge in [0, 0.05) is 6.54 Å². The highest BCUT2D eigenvalue weighted by atomic mass is 14.9. The first-order valence-corrected chi connectivity index (χ1v) is 6.10. The molecule has 0 fully saturated rings. The van der Waals surface area contributed by atoms with E-state index < -0.39 is 0 Å². The molecule has 17 heavy (non-hydrogen) atoms. The van der Waals surface area contributed by atoms with Crippen LogP contribution in [-0.4, -0.2) is 30.1 Å². The second-order valence-corrected chi connectivity index (χ2v) is 4.31. The van der Waals surface area contributed by atoms with E-state index in [4.69, 9.17) is 0 Å². The Morgan fingerprint density at radius 2 is 2.18 bits per heavy atom. The van der Waals surface area contributed by atoms with E-state index in [9.17, 15) is 0 Å². The van der Waals surface area contributed by atoms with Crippen LogP contribution in [0.3, 0.4) is 0 Å². The summed E-state index contributed by atoms with van der Waals surface area (Å²) in [6.07, 6.45) is 1.15. The van der Waals surface area contributed by atoms with Gasteiger partial charge in [-0.1, -0.05) is 6.07 Å². The summed E-state index contributed by atoms with van der Waals surface area (Å²) < 4.78 is 0. The van der Waals surface area contributed by atoms with E-state index >= 15 is 0 Å². The predicted molar refractivity (Wildman–Crippen MR) is 71.1 cm³/mol. The van der Waals surface area contributed by atoms with Crippen molar-refractivity contribution in [3.8, 4) is 0 Å². The Labute approximate surface area is 102 Å². The molecule has 3 N–H and O–H groups in total. The molecule has 1 aromatic heterocycles. The summed E-state index contributed by atoms with van der Waals surface area (Å²) in [6, 6.07) is 6.37. The molecule has 0 amide bonds. The lowest BCUT2D eigenvalue weighted by Gasteiger charge is -2.04. The van der Waals surface area contributed by atoms with E-state index in [0.717, 1.165) is 42.9 Å². The average Bonchev–Trinajstić information content (AvgIpc) is 2.68. The smallest absolute Gasteiger partial charge is 0.104 e. The number of nitrogens with zero attached hydrogens (tertiary/aromatic N) is 1. The number of rotatable bonds is 6. The lowest BCUT2D eigenvalue weighted by Crippen LogP contribution is -2.19. The Bertz CT molecular complexity index is 475. The zero-order valence-electron chi connectivity index (χ0n) is 10.5. The zero-order chi connectivity index (χ0) is 12.1. The molecule has 1 heterocycles. The van der Waals surface area contributed by atoms with Gasteiger partial charge in [0.05, 0.1) is 11.0 Å². The second-order valence-electron chi connectivity index (χ2n) is 4.31. The predicted octanol–water partition coefficient (Wildman–Crippen LogP) is 1.57. The number of aryl methyl sites for hydroxylation is 1. The van der Waals surface area contributed by atoms with Gasteiger partial charge in [-0.2, -0.15) is 0 Å². The van der Waals surface area contributed by atoms with Crippen molar-refractivity contribution in [2.45, 2.75) is 19.9 Å². The summed E-state index contributed by atoms with van der Waals surface area (Å²) in [6.45, 7) is 5.00. The summed E-state index contributed by atoms with van der Waals surface area (Å²) in [5.74, 6) is 0.971. The van der Waals surface area contributed by atoms with Crippen LogP contribution in [-0.2, 0) is 6.54 Å². The summed E-state index contributed by atoms with van der Waals surface area (Å²) in [5, 5.41) is 6.57. The van der Waals surface area contributed by atoms with Gasteiger partial charge in [-0.05, 0) is 51.2 Å². The van der Waals surface area contributed by atoms with Crippen molar-refractivity contribution < 1.29 is 0 Å². The number of hydrogen-bond donors (Lipinski definition) is 3. The van der Waals surface area contributed by atoms with Gasteiger partial charge < -0.3 is 15.6 Å². The fraction of sp³-hybridized carbons (Fsp3) is 0.462. The van der Waals surface area contributed by atoms with Crippen molar-refractivity contribution in [1.82, 2.24) is 20.6 Å². The molecular weight excluding hydrogens is 212 g/mol. The first-order valence-electron chi connectivity index (χ1n) is 6.10. The van der Waals surface area contributed by atoms with Gasteiger partial charge in [0.1, 0.15) is 5.82 Å². The second kappa shape index (κ2) is 5.80. The van der Waals surface area contributed by atoms with Gasteiger partial charge in [-0.3, -0.25) is 0 Å². The SMILES string of the molecule is CNCCCNCc1ccc2nc(C)[nH]c2c1. The van der Waals surface area contributed by atoms with E-state index in [2.05, 4.69) is 38.8 Å². The lowest BCUT2D eigenvalue weighted by atomic mass is 10.2. The van der Waals surface area contributed by atoms with Crippen LogP contribution in [0.5, 0.6) is 0 Å². The maximum Gasteiger partial charge on any atom is 0.104 e. The van der Waals surface area contributed by atoms with Gasteiger partial charge in [-0.25, -0.2) is 4.98 Å². The number of aromatic nitrogens is 2. The quantitative estimate of drug-likeness (QED) is 0.663. The highest BCUT2D eigenvalue weighted by Gasteiger charge is 2.00. The first-order chi connectivity index (χ1) is 8.29. The molecule has 92 valence electrons. The van der Waals surface area contributed by atoms with Crippen LogP contribution in [0.2, 0.25) is 0 Å². The highest BCUT2D eigenvalue weighted by molar-refractivity contribution is 5.75. The third-order valence-electron chi connectivity index (χ3n) is 2.77. The molecule has 1 aromatic carbocycles. The van der Waals surface area contributed by atoms with Crippen molar-refractivity contribution in [3.63, 3.8) is 0 Å². The molecule has 2 rings (SSSR count). The van der Waals surface area contributed by atoms with Gasteiger partial charge >= 0.3 is 0 Å². The standard InChI is InChI=1S/C13H20N4/c1-10-16-12-5-4-11(8-13(12)17-10)9-15-7-3-6-14-2/h4-5,8,14-15H,3,6-7,9H2,1-2H3,(H,16,17). The first kappa shape index (κ1) is 12.1. The number of hydrogen-bond acceptors (Lipinski definition) is 3. The average molecular weight is 232 g/mol. The van der Waals surface area contributed by atoms with Crippen LogP contribution in [0, 0.1) is 6.92 Å². The molecule has 4 heteroatoms. The van der Waals surface area contributed by atoms with Crippen LogP contribution >= 0.6 is 0 Å². The molecule has 0 saturated carbocycles. The highest BCUT2D eigenvalue weighted by Crippen LogP contribution is 2.13. The maximum atomic E-state index is 4.39. The van der Waals surface area contributed by atoms with E-state index in [1.54, 1.807) is 0 Å². The Balaban J connectivity index is 1.90. The van der Waals surface area contributed by atoms with Crippen LogP contribution in [0.15, 0.2) is 18.2 Å². The lowest BCUT2D eigenvalue weighted by molar-refractivity contribution is 0.625. The van der Waals surface area contributed by atoms with Crippen LogP contribution in [0.4, 0.5) is 0 Å². The zero-order valence-corrected chi connectivity index (χ0v) is 10.5. The number of H-pyrrole nitrogens is 1. The third-order valence-corrected chi connectivity index (χ3v) is 2.77. The third kappa shape index (κ3) is 3.28. The Morgan fingerprint density at radius 3 is 3.00 bits per heavy atom. The van der Waals surface area contributed by atoms with Gasteiger partial charge in [-0.15, -0.1) is 0 Å². The molecule has 4 nitrogen and oxygen atoms in total. The molecular formula is C13H20N4.